The molecule has 1 saturated heterocycles. The normalized spacial score (nSPS) is 15.6. The second kappa shape index (κ2) is 9.62. The summed E-state index contributed by atoms with van der Waals surface area (Å²) in [6.07, 6.45) is 7.93. The van der Waals surface area contributed by atoms with Crippen molar-refractivity contribution in [3.63, 3.8) is 0 Å². The first-order chi connectivity index (χ1) is 15.1. The van der Waals surface area contributed by atoms with Crippen LogP contribution in [0.15, 0.2) is 36.8 Å². The van der Waals surface area contributed by atoms with Crippen molar-refractivity contribution >= 4 is 11.6 Å². The lowest BCUT2D eigenvalue weighted by atomic mass is 10.2. The molecule has 1 aliphatic heterocycles. The third-order valence-corrected chi connectivity index (χ3v) is 6.15. The zero-order valence-electron chi connectivity index (χ0n) is 18.9. The maximum Gasteiger partial charge on any atom is 0.274 e. The van der Waals surface area contributed by atoms with Gasteiger partial charge in [0, 0.05) is 72.0 Å². The molecular formula is C23H33N7O. The number of rotatable bonds is 8. The van der Waals surface area contributed by atoms with Gasteiger partial charge in [-0.2, -0.15) is 0 Å². The van der Waals surface area contributed by atoms with Gasteiger partial charge in [0.1, 0.15) is 11.5 Å². The molecule has 1 fully saturated rings. The Morgan fingerprint density at radius 3 is 2.52 bits per heavy atom. The molecule has 0 atom stereocenters. The van der Waals surface area contributed by atoms with E-state index in [1.165, 1.54) is 0 Å². The predicted molar refractivity (Wildman–Crippen MR) is 121 cm³/mol. The summed E-state index contributed by atoms with van der Waals surface area (Å²) < 4.78 is 4.15. The first-order valence-corrected chi connectivity index (χ1v) is 11.2. The van der Waals surface area contributed by atoms with Crippen molar-refractivity contribution in [3.05, 3.63) is 54.0 Å². The van der Waals surface area contributed by atoms with Gasteiger partial charge >= 0.3 is 0 Å². The molecule has 0 spiro atoms. The van der Waals surface area contributed by atoms with Crippen LogP contribution in [0.25, 0.3) is 5.65 Å². The monoisotopic (exact) mass is 423 g/mol. The zero-order chi connectivity index (χ0) is 21.8. The number of carbonyl (C=O) groups excluding carboxylic acids is 1. The number of fused-ring (bicyclic) bond motifs is 1. The van der Waals surface area contributed by atoms with Gasteiger partial charge in [0.2, 0.25) is 0 Å². The molecule has 1 amide bonds. The van der Waals surface area contributed by atoms with Gasteiger partial charge in [0.25, 0.3) is 5.91 Å². The molecular weight excluding hydrogens is 390 g/mol. The van der Waals surface area contributed by atoms with Gasteiger partial charge in [0.15, 0.2) is 5.69 Å². The molecule has 8 heteroatoms. The standard InChI is InChI=1S/C23H33N7O/c1-4-5-10-27(3)23(31)22-19(30-11-7-6-8-20(30)25-22)17-28-13-15-29(16-14-28)18-21-24-9-12-26(21)2/h6-9,11-12H,4-5,10,13-18H2,1-3H3. The summed E-state index contributed by atoms with van der Waals surface area (Å²) in [6.45, 7) is 8.40. The van der Waals surface area contributed by atoms with E-state index in [2.05, 4.69) is 30.7 Å². The number of imidazole rings is 2. The van der Waals surface area contributed by atoms with E-state index in [9.17, 15) is 4.79 Å². The molecule has 3 aromatic heterocycles. The molecule has 4 rings (SSSR count). The van der Waals surface area contributed by atoms with Crippen molar-refractivity contribution in [2.75, 3.05) is 39.8 Å². The Balaban J connectivity index is 1.46. The van der Waals surface area contributed by atoms with Crippen LogP contribution >= 0.6 is 0 Å². The largest absolute Gasteiger partial charge is 0.340 e. The molecule has 166 valence electrons. The number of piperazine rings is 1. The quantitative estimate of drug-likeness (QED) is 0.556. The van der Waals surface area contributed by atoms with Crippen LogP contribution in [0, 0.1) is 0 Å². The summed E-state index contributed by atoms with van der Waals surface area (Å²) in [5, 5.41) is 0. The van der Waals surface area contributed by atoms with Crippen LogP contribution in [0.5, 0.6) is 0 Å². The summed E-state index contributed by atoms with van der Waals surface area (Å²) in [7, 11) is 3.92. The third-order valence-electron chi connectivity index (χ3n) is 6.15. The fourth-order valence-corrected chi connectivity index (χ4v) is 4.11. The van der Waals surface area contributed by atoms with E-state index in [0.717, 1.165) is 75.8 Å². The van der Waals surface area contributed by atoms with Gasteiger partial charge in [0.05, 0.1) is 12.2 Å². The highest BCUT2D eigenvalue weighted by molar-refractivity contribution is 5.94. The van der Waals surface area contributed by atoms with Crippen molar-refractivity contribution < 1.29 is 4.79 Å². The molecule has 8 nitrogen and oxygen atoms in total. The van der Waals surface area contributed by atoms with Crippen molar-refractivity contribution in [2.45, 2.75) is 32.9 Å². The zero-order valence-corrected chi connectivity index (χ0v) is 18.9. The number of amides is 1. The summed E-state index contributed by atoms with van der Waals surface area (Å²) in [5.74, 6) is 1.11. The second-order valence-electron chi connectivity index (χ2n) is 8.42. The number of aromatic nitrogens is 4. The minimum absolute atomic E-state index is 0.0144. The molecule has 0 radical (unpaired) electrons. The van der Waals surface area contributed by atoms with E-state index >= 15 is 0 Å². The molecule has 0 N–H and O–H groups in total. The van der Waals surface area contributed by atoms with Gasteiger partial charge < -0.3 is 13.9 Å². The minimum atomic E-state index is 0.0144. The molecule has 3 aromatic rings. The maximum atomic E-state index is 13.2. The van der Waals surface area contributed by atoms with Gasteiger partial charge in [-0.3, -0.25) is 14.6 Å². The fourth-order valence-electron chi connectivity index (χ4n) is 4.11. The number of nitrogens with zero attached hydrogens (tertiary/aromatic N) is 7. The smallest absolute Gasteiger partial charge is 0.274 e. The number of hydrogen-bond acceptors (Lipinski definition) is 5. The molecule has 0 bridgehead atoms. The summed E-state index contributed by atoms with van der Waals surface area (Å²) in [4.78, 5) is 29.0. The van der Waals surface area contributed by atoms with E-state index in [1.54, 1.807) is 4.90 Å². The Bertz CT molecular complexity index is 1020. The topological polar surface area (TPSA) is 61.9 Å². The van der Waals surface area contributed by atoms with Crippen LogP contribution in [0.4, 0.5) is 0 Å². The van der Waals surface area contributed by atoms with Crippen LogP contribution in [-0.2, 0) is 20.1 Å². The summed E-state index contributed by atoms with van der Waals surface area (Å²) >= 11 is 0. The Morgan fingerprint density at radius 1 is 1.10 bits per heavy atom. The van der Waals surface area contributed by atoms with Crippen molar-refractivity contribution in [1.82, 2.24) is 33.6 Å². The summed E-state index contributed by atoms with van der Waals surface area (Å²) in [5.41, 5.74) is 2.40. The lowest BCUT2D eigenvalue weighted by molar-refractivity contribution is 0.0782. The average Bonchev–Trinajstić information content (AvgIpc) is 3.36. The first-order valence-electron chi connectivity index (χ1n) is 11.2. The SMILES string of the molecule is CCCCN(C)C(=O)c1nc2ccccn2c1CN1CCN(Cc2nccn2C)CC1. The Kier molecular flexibility index (Phi) is 6.67. The molecule has 4 heterocycles. The first kappa shape index (κ1) is 21.5. The number of carbonyl (C=O) groups is 1. The average molecular weight is 424 g/mol. The highest BCUT2D eigenvalue weighted by Gasteiger charge is 2.25. The molecule has 0 aromatic carbocycles. The Morgan fingerprint density at radius 2 is 1.84 bits per heavy atom. The van der Waals surface area contributed by atoms with E-state index < -0.39 is 0 Å². The molecule has 0 unspecified atom stereocenters. The van der Waals surface area contributed by atoms with Crippen molar-refractivity contribution in [2.24, 2.45) is 7.05 Å². The Hall–Kier alpha value is -2.71. The Labute approximate surface area is 184 Å². The van der Waals surface area contributed by atoms with E-state index in [-0.39, 0.29) is 5.91 Å². The predicted octanol–water partition coefficient (Wildman–Crippen LogP) is 2.26. The summed E-state index contributed by atoms with van der Waals surface area (Å²) in [6, 6.07) is 5.94. The van der Waals surface area contributed by atoms with Gasteiger partial charge in [-0.05, 0) is 18.6 Å². The highest BCUT2D eigenvalue weighted by atomic mass is 16.2. The lowest BCUT2D eigenvalue weighted by Crippen LogP contribution is -2.46. The molecule has 1 aliphatic rings. The van der Waals surface area contributed by atoms with E-state index in [0.29, 0.717) is 5.69 Å². The van der Waals surface area contributed by atoms with Crippen LogP contribution in [0.1, 0.15) is 41.8 Å². The number of hydrogen-bond donors (Lipinski definition) is 0. The van der Waals surface area contributed by atoms with E-state index in [1.807, 2.05) is 50.9 Å². The van der Waals surface area contributed by atoms with Crippen LogP contribution in [0.3, 0.4) is 0 Å². The van der Waals surface area contributed by atoms with Crippen LogP contribution in [0.2, 0.25) is 0 Å². The van der Waals surface area contributed by atoms with Crippen LogP contribution in [-0.4, -0.2) is 79.3 Å². The maximum absolute atomic E-state index is 13.2. The third kappa shape index (κ3) is 4.80. The van der Waals surface area contributed by atoms with Gasteiger partial charge in [-0.1, -0.05) is 19.4 Å². The van der Waals surface area contributed by atoms with E-state index in [4.69, 9.17) is 4.98 Å². The highest BCUT2D eigenvalue weighted by Crippen LogP contribution is 2.18. The molecule has 0 saturated carbocycles. The van der Waals surface area contributed by atoms with Crippen molar-refractivity contribution in [3.8, 4) is 0 Å². The minimum Gasteiger partial charge on any atom is -0.340 e. The molecule has 31 heavy (non-hydrogen) atoms. The fraction of sp³-hybridized carbons (Fsp3) is 0.522. The second-order valence-corrected chi connectivity index (χ2v) is 8.42. The number of aryl methyl sites for hydroxylation is 1. The van der Waals surface area contributed by atoms with Crippen LogP contribution < -0.4 is 0 Å². The number of pyridine rings is 1. The lowest BCUT2D eigenvalue weighted by Gasteiger charge is -2.34. The van der Waals surface area contributed by atoms with Gasteiger partial charge in [-0.25, -0.2) is 9.97 Å². The molecule has 0 aliphatic carbocycles. The van der Waals surface area contributed by atoms with Crippen molar-refractivity contribution in [1.29, 1.82) is 0 Å². The number of unbranched alkanes of at least 4 members (excludes halogenated alkanes) is 1. The van der Waals surface area contributed by atoms with Gasteiger partial charge in [-0.15, -0.1) is 0 Å².